The molecule has 1 aromatic rings. The molecule has 1 unspecified atom stereocenters. The molecule has 0 bridgehead atoms. The van der Waals surface area contributed by atoms with E-state index in [1.165, 1.54) is 6.42 Å². The molecule has 1 amide bonds. The van der Waals surface area contributed by atoms with Crippen LogP contribution >= 0.6 is 0 Å². The molecule has 19 heavy (non-hydrogen) atoms. The van der Waals surface area contributed by atoms with Crippen LogP contribution in [0.5, 0.6) is 0 Å². The predicted octanol–water partition coefficient (Wildman–Crippen LogP) is 2.92. The number of amides is 1. The fourth-order valence-electron chi connectivity index (χ4n) is 2.82. The van der Waals surface area contributed by atoms with Crippen molar-refractivity contribution in [3.63, 3.8) is 0 Å². The third-order valence-corrected chi connectivity index (χ3v) is 4.11. The van der Waals surface area contributed by atoms with Gasteiger partial charge in [0.1, 0.15) is 0 Å². The Morgan fingerprint density at radius 3 is 2.47 bits per heavy atom. The summed E-state index contributed by atoms with van der Waals surface area (Å²) in [4.78, 5) is 12.4. The number of hydrogen-bond acceptors (Lipinski definition) is 2. The molecule has 3 nitrogen and oxygen atoms in total. The zero-order valence-electron chi connectivity index (χ0n) is 11.7. The molecule has 104 valence electrons. The molecule has 0 aromatic heterocycles. The van der Waals surface area contributed by atoms with Crippen molar-refractivity contribution in [2.24, 2.45) is 5.73 Å². The van der Waals surface area contributed by atoms with Gasteiger partial charge >= 0.3 is 0 Å². The van der Waals surface area contributed by atoms with E-state index in [9.17, 15) is 4.79 Å². The second-order valence-electron chi connectivity index (χ2n) is 5.56. The van der Waals surface area contributed by atoms with Gasteiger partial charge < -0.3 is 11.1 Å². The molecule has 0 radical (unpaired) electrons. The van der Waals surface area contributed by atoms with Crippen molar-refractivity contribution in [1.82, 2.24) is 5.32 Å². The summed E-state index contributed by atoms with van der Waals surface area (Å²) in [6, 6.07) is 10.2. The number of carbonyl (C=O) groups excluding carboxylic acids is 1. The molecule has 1 fully saturated rings. The van der Waals surface area contributed by atoms with Crippen LogP contribution in [-0.2, 0) is 4.79 Å². The van der Waals surface area contributed by atoms with E-state index in [-0.39, 0.29) is 11.9 Å². The van der Waals surface area contributed by atoms with Gasteiger partial charge in [-0.05, 0) is 24.8 Å². The largest absolute Gasteiger partial charge is 0.348 e. The number of benzene rings is 1. The van der Waals surface area contributed by atoms with Gasteiger partial charge in [0, 0.05) is 0 Å². The summed E-state index contributed by atoms with van der Waals surface area (Å²) in [7, 11) is 0. The fraction of sp³-hybridized carbons (Fsp3) is 0.562. The highest BCUT2D eigenvalue weighted by Crippen LogP contribution is 2.27. The van der Waals surface area contributed by atoms with E-state index in [4.69, 9.17) is 5.73 Å². The van der Waals surface area contributed by atoms with Crippen molar-refractivity contribution in [3.8, 4) is 0 Å². The van der Waals surface area contributed by atoms with Gasteiger partial charge in [-0.3, -0.25) is 4.79 Å². The van der Waals surface area contributed by atoms with E-state index in [1.807, 2.05) is 18.2 Å². The summed E-state index contributed by atoms with van der Waals surface area (Å²) in [5.74, 6) is 0.0166. The first-order chi connectivity index (χ1) is 9.15. The minimum atomic E-state index is -0.652. The summed E-state index contributed by atoms with van der Waals surface area (Å²) in [5.41, 5.74) is 6.77. The lowest BCUT2D eigenvalue weighted by molar-refractivity contribution is -0.128. The highest BCUT2D eigenvalue weighted by molar-refractivity contribution is 5.86. The van der Waals surface area contributed by atoms with Crippen LogP contribution in [0.15, 0.2) is 30.3 Å². The van der Waals surface area contributed by atoms with Gasteiger partial charge in [0.05, 0.1) is 11.6 Å². The monoisotopic (exact) mass is 260 g/mol. The van der Waals surface area contributed by atoms with E-state index in [1.54, 1.807) is 0 Å². The van der Waals surface area contributed by atoms with E-state index in [2.05, 4.69) is 24.4 Å². The van der Waals surface area contributed by atoms with Crippen LogP contribution in [0.2, 0.25) is 0 Å². The van der Waals surface area contributed by atoms with Crippen LogP contribution in [0.25, 0.3) is 0 Å². The highest BCUT2D eigenvalue weighted by atomic mass is 16.2. The Bertz CT molecular complexity index is 410. The number of hydrogen-bond donors (Lipinski definition) is 2. The zero-order valence-corrected chi connectivity index (χ0v) is 11.7. The third-order valence-electron chi connectivity index (χ3n) is 4.11. The first-order valence-electron chi connectivity index (χ1n) is 7.30. The second kappa shape index (κ2) is 6.20. The van der Waals surface area contributed by atoms with E-state index in [0.29, 0.717) is 0 Å². The van der Waals surface area contributed by atoms with Crippen LogP contribution in [0, 0.1) is 0 Å². The van der Waals surface area contributed by atoms with E-state index in [0.717, 1.165) is 37.7 Å². The average molecular weight is 260 g/mol. The molecule has 1 aliphatic rings. The Kier molecular flexibility index (Phi) is 4.59. The smallest absolute Gasteiger partial charge is 0.240 e. The molecule has 1 aromatic carbocycles. The fourth-order valence-corrected chi connectivity index (χ4v) is 2.82. The second-order valence-corrected chi connectivity index (χ2v) is 5.56. The van der Waals surface area contributed by atoms with E-state index >= 15 is 0 Å². The van der Waals surface area contributed by atoms with Crippen molar-refractivity contribution in [1.29, 1.82) is 0 Å². The van der Waals surface area contributed by atoms with Gasteiger partial charge in [-0.25, -0.2) is 0 Å². The normalized spacial score (nSPS) is 19.7. The van der Waals surface area contributed by atoms with Crippen LogP contribution in [0.4, 0.5) is 0 Å². The van der Waals surface area contributed by atoms with Gasteiger partial charge in [0.25, 0.3) is 0 Å². The Labute approximate surface area is 115 Å². The molecular formula is C16H24N2O. The summed E-state index contributed by atoms with van der Waals surface area (Å²) in [6.45, 7) is 2.09. The number of nitrogens with two attached hydrogens (primary N) is 1. The van der Waals surface area contributed by atoms with Gasteiger partial charge in [-0.15, -0.1) is 0 Å². The summed E-state index contributed by atoms with van der Waals surface area (Å²) < 4.78 is 0. The van der Waals surface area contributed by atoms with Crippen molar-refractivity contribution < 1.29 is 4.79 Å². The molecule has 3 heteroatoms. The maximum atomic E-state index is 12.4. The molecule has 3 N–H and O–H groups in total. The molecule has 0 aliphatic heterocycles. The van der Waals surface area contributed by atoms with Crippen molar-refractivity contribution in [2.45, 2.75) is 57.0 Å². The van der Waals surface area contributed by atoms with Crippen LogP contribution < -0.4 is 11.1 Å². The summed E-state index contributed by atoms with van der Waals surface area (Å²) in [6.07, 6.45) is 5.82. The van der Waals surface area contributed by atoms with Gasteiger partial charge in [-0.2, -0.15) is 0 Å². The Hall–Kier alpha value is -1.35. The number of rotatable bonds is 4. The van der Waals surface area contributed by atoms with Gasteiger partial charge in [0.15, 0.2) is 0 Å². The van der Waals surface area contributed by atoms with Gasteiger partial charge in [0.2, 0.25) is 5.91 Å². The summed E-state index contributed by atoms with van der Waals surface area (Å²) >= 11 is 0. The molecule has 0 saturated heterocycles. The molecule has 1 aliphatic carbocycles. The highest BCUT2D eigenvalue weighted by Gasteiger charge is 2.36. The Morgan fingerprint density at radius 2 is 1.89 bits per heavy atom. The maximum absolute atomic E-state index is 12.4. The summed E-state index contributed by atoms with van der Waals surface area (Å²) in [5, 5.41) is 3.13. The first kappa shape index (κ1) is 14.1. The minimum absolute atomic E-state index is 0.0166. The molecule has 1 atom stereocenters. The van der Waals surface area contributed by atoms with Crippen LogP contribution in [0.1, 0.15) is 57.1 Å². The number of nitrogens with one attached hydrogen (secondary N) is 1. The standard InChI is InChI=1S/C16H24N2O/c1-2-14(13-9-5-3-6-10-13)18-15(19)16(17)11-7-4-8-12-16/h3,5-6,9-10,14H,2,4,7-8,11-12,17H2,1H3,(H,18,19). The van der Waals surface area contributed by atoms with Crippen molar-refractivity contribution in [3.05, 3.63) is 35.9 Å². The van der Waals surface area contributed by atoms with Crippen molar-refractivity contribution in [2.75, 3.05) is 0 Å². The maximum Gasteiger partial charge on any atom is 0.240 e. The molecular weight excluding hydrogens is 236 g/mol. The van der Waals surface area contributed by atoms with Crippen molar-refractivity contribution >= 4 is 5.91 Å². The molecule has 2 rings (SSSR count). The zero-order chi connectivity index (χ0) is 13.7. The number of carbonyl (C=O) groups is 1. The van der Waals surface area contributed by atoms with Gasteiger partial charge in [-0.1, -0.05) is 56.5 Å². The molecule has 1 saturated carbocycles. The van der Waals surface area contributed by atoms with E-state index < -0.39 is 5.54 Å². The average Bonchev–Trinajstić information content (AvgIpc) is 2.46. The first-order valence-corrected chi connectivity index (χ1v) is 7.30. The van der Waals surface area contributed by atoms with Crippen LogP contribution in [0.3, 0.4) is 0 Å². The molecule has 0 spiro atoms. The molecule has 0 heterocycles. The minimum Gasteiger partial charge on any atom is -0.348 e. The predicted molar refractivity (Wildman–Crippen MR) is 77.6 cm³/mol. The Balaban J connectivity index is 2.04. The lowest BCUT2D eigenvalue weighted by Gasteiger charge is -2.33. The quantitative estimate of drug-likeness (QED) is 0.874. The topological polar surface area (TPSA) is 55.1 Å². The third kappa shape index (κ3) is 3.35. The SMILES string of the molecule is CCC(NC(=O)C1(N)CCCCC1)c1ccccc1. The lowest BCUT2D eigenvalue weighted by atomic mass is 9.81. The Morgan fingerprint density at radius 1 is 1.26 bits per heavy atom. The lowest BCUT2D eigenvalue weighted by Crippen LogP contribution is -2.55. The van der Waals surface area contributed by atoms with Crippen LogP contribution in [-0.4, -0.2) is 11.4 Å².